The van der Waals surface area contributed by atoms with E-state index in [2.05, 4.69) is 11.6 Å². The zero-order valence-electron chi connectivity index (χ0n) is 12.5. The Morgan fingerprint density at radius 1 is 1.05 bits per heavy atom. The summed E-state index contributed by atoms with van der Waals surface area (Å²) in [5, 5.41) is 2.01. The van der Waals surface area contributed by atoms with Gasteiger partial charge in [-0.2, -0.15) is 0 Å². The normalized spacial score (nSPS) is 22.8. The second kappa shape index (κ2) is 6.19. The molecule has 1 saturated carbocycles. The monoisotopic (exact) mass is 337 g/mol. The molecule has 0 aliphatic heterocycles. The molecule has 118 valence electrons. The number of benzene rings is 2. The van der Waals surface area contributed by atoms with E-state index in [9.17, 15) is 8.42 Å². The summed E-state index contributed by atoms with van der Waals surface area (Å²) in [6, 6.07) is 10.6. The number of hydrogen-bond acceptors (Lipinski definition) is 2. The van der Waals surface area contributed by atoms with E-state index in [4.69, 9.17) is 11.6 Å². The van der Waals surface area contributed by atoms with Crippen molar-refractivity contribution in [1.29, 1.82) is 0 Å². The van der Waals surface area contributed by atoms with Crippen LogP contribution < -0.4 is 4.72 Å². The zero-order valence-corrected chi connectivity index (χ0v) is 14.1. The van der Waals surface area contributed by atoms with Crippen molar-refractivity contribution < 1.29 is 8.42 Å². The summed E-state index contributed by atoms with van der Waals surface area (Å²) in [5.74, 6) is 0.377. The molecule has 3 nitrogen and oxygen atoms in total. The van der Waals surface area contributed by atoms with Crippen LogP contribution in [0.4, 0.5) is 0 Å². The molecule has 2 atom stereocenters. The van der Waals surface area contributed by atoms with Crippen molar-refractivity contribution in [2.24, 2.45) is 5.92 Å². The van der Waals surface area contributed by atoms with Crippen molar-refractivity contribution in [2.75, 3.05) is 0 Å². The minimum Gasteiger partial charge on any atom is -0.208 e. The predicted molar refractivity (Wildman–Crippen MR) is 90.7 cm³/mol. The number of sulfonamides is 1. The van der Waals surface area contributed by atoms with E-state index in [1.54, 1.807) is 18.2 Å². The third-order valence-corrected chi connectivity index (χ3v) is 6.42. The standard InChI is InChI=1S/C17H20ClNO2S/c1-12-6-2-5-9-16(12)19-22(20,21)17-11-10-15(18)13-7-3-4-8-14(13)17/h3-4,7-8,10-12,16,19H,2,5-6,9H2,1H3. The first-order valence-corrected chi connectivity index (χ1v) is 9.55. The summed E-state index contributed by atoms with van der Waals surface area (Å²) in [7, 11) is -3.54. The van der Waals surface area contributed by atoms with Gasteiger partial charge in [0.1, 0.15) is 0 Å². The van der Waals surface area contributed by atoms with Crippen LogP contribution in [0.1, 0.15) is 32.6 Å². The highest BCUT2D eigenvalue weighted by Crippen LogP contribution is 2.30. The van der Waals surface area contributed by atoms with Crippen LogP contribution >= 0.6 is 11.6 Å². The highest BCUT2D eigenvalue weighted by atomic mass is 35.5. The van der Waals surface area contributed by atoms with Crippen molar-refractivity contribution >= 4 is 32.4 Å². The van der Waals surface area contributed by atoms with Crippen molar-refractivity contribution in [3.05, 3.63) is 41.4 Å². The maximum atomic E-state index is 12.8. The smallest absolute Gasteiger partial charge is 0.208 e. The molecule has 1 aliphatic rings. The number of fused-ring (bicyclic) bond motifs is 1. The Balaban J connectivity index is 2.01. The van der Waals surface area contributed by atoms with Crippen LogP contribution in [0.25, 0.3) is 10.8 Å². The highest BCUT2D eigenvalue weighted by molar-refractivity contribution is 7.89. The first-order chi connectivity index (χ1) is 10.5. The highest BCUT2D eigenvalue weighted by Gasteiger charge is 2.27. The van der Waals surface area contributed by atoms with Gasteiger partial charge in [0.15, 0.2) is 0 Å². The molecule has 3 rings (SSSR count). The van der Waals surface area contributed by atoms with Crippen molar-refractivity contribution in [1.82, 2.24) is 4.72 Å². The van der Waals surface area contributed by atoms with Crippen LogP contribution in [-0.2, 0) is 10.0 Å². The molecule has 0 bridgehead atoms. The molecule has 1 fully saturated rings. The lowest BCUT2D eigenvalue weighted by atomic mass is 9.87. The summed E-state index contributed by atoms with van der Waals surface area (Å²) in [4.78, 5) is 0.310. The van der Waals surface area contributed by atoms with Gasteiger partial charge in [0.05, 0.1) is 4.90 Å². The molecule has 5 heteroatoms. The maximum Gasteiger partial charge on any atom is 0.241 e. The van der Waals surface area contributed by atoms with E-state index in [0.29, 0.717) is 21.2 Å². The van der Waals surface area contributed by atoms with Crippen LogP contribution in [0.5, 0.6) is 0 Å². The van der Waals surface area contributed by atoms with Gasteiger partial charge in [-0.1, -0.05) is 55.6 Å². The minimum atomic E-state index is -3.54. The van der Waals surface area contributed by atoms with Crippen LogP contribution in [0, 0.1) is 5.92 Å². The predicted octanol–water partition coefficient (Wildman–Crippen LogP) is 4.35. The molecule has 0 aromatic heterocycles. The van der Waals surface area contributed by atoms with Gasteiger partial charge in [-0.25, -0.2) is 13.1 Å². The van der Waals surface area contributed by atoms with E-state index in [1.807, 2.05) is 18.2 Å². The third kappa shape index (κ3) is 3.00. The number of halogens is 1. The maximum absolute atomic E-state index is 12.8. The molecule has 2 aromatic rings. The van der Waals surface area contributed by atoms with E-state index < -0.39 is 10.0 Å². The number of rotatable bonds is 3. The quantitative estimate of drug-likeness (QED) is 0.905. The fourth-order valence-electron chi connectivity index (χ4n) is 3.22. The van der Waals surface area contributed by atoms with Gasteiger partial charge in [-0.3, -0.25) is 0 Å². The average molecular weight is 338 g/mol. The van der Waals surface area contributed by atoms with E-state index in [0.717, 1.165) is 24.6 Å². The van der Waals surface area contributed by atoms with Crippen LogP contribution in [-0.4, -0.2) is 14.5 Å². The Morgan fingerprint density at radius 3 is 2.45 bits per heavy atom. The average Bonchev–Trinajstić information content (AvgIpc) is 2.50. The molecule has 0 radical (unpaired) electrons. The molecule has 0 heterocycles. The SMILES string of the molecule is CC1CCCCC1NS(=O)(=O)c1ccc(Cl)c2ccccc12. The van der Waals surface area contributed by atoms with Gasteiger partial charge in [0.25, 0.3) is 0 Å². The fraction of sp³-hybridized carbons (Fsp3) is 0.412. The Labute approximate surface area is 136 Å². The number of nitrogens with one attached hydrogen (secondary N) is 1. The topological polar surface area (TPSA) is 46.2 Å². The Kier molecular flexibility index (Phi) is 4.44. The molecular formula is C17H20ClNO2S. The summed E-state index contributed by atoms with van der Waals surface area (Å²) in [6.45, 7) is 2.12. The second-order valence-electron chi connectivity index (χ2n) is 6.08. The molecule has 0 saturated heterocycles. The Morgan fingerprint density at radius 2 is 1.73 bits per heavy atom. The molecule has 22 heavy (non-hydrogen) atoms. The van der Waals surface area contributed by atoms with E-state index in [-0.39, 0.29) is 6.04 Å². The van der Waals surface area contributed by atoms with Crippen molar-refractivity contribution in [3.8, 4) is 0 Å². The summed E-state index contributed by atoms with van der Waals surface area (Å²) >= 11 is 6.18. The minimum absolute atomic E-state index is 0.0215. The molecule has 0 spiro atoms. The lowest BCUT2D eigenvalue weighted by molar-refractivity contribution is 0.310. The third-order valence-electron chi connectivity index (χ3n) is 4.54. The largest absolute Gasteiger partial charge is 0.241 e. The van der Waals surface area contributed by atoms with Gasteiger partial charge in [-0.15, -0.1) is 0 Å². The molecular weight excluding hydrogens is 318 g/mol. The molecule has 2 aromatic carbocycles. The molecule has 2 unspecified atom stereocenters. The Bertz CT molecular complexity index is 788. The van der Waals surface area contributed by atoms with Crippen LogP contribution in [0.15, 0.2) is 41.3 Å². The summed E-state index contributed by atoms with van der Waals surface area (Å²) in [6.07, 6.45) is 4.25. The van der Waals surface area contributed by atoms with Crippen molar-refractivity contribution in [3.63, 3.8) is 0 Å². The van der Waals surface area contributed by atoms with Gasteiger partial charge in [0, 0.05) is 21.8 Å². The zero-order chi connectivity index (χ0) is 15.7. The van der Waals surface area contributed by atoms with E-state index >= 15 is 0 Å². The summed E-state index contributed by atoms with van der Waals surface area (Å²) < 4.78 is 28.5. The van der Waals surface area contributed by atoms with Crippen molar-refractivity contribution in [2.45, 2.75) is 43.5 Å². The number of hydrogen-bond donors (Lipinski definition) is 1. The Hall–Kier alpha value is -1.10. The fourth-order valence-corrected chi connectivity index (χ4v) is 5.04. The van der Waals surface area contributed by atoms with E-state index in [1.165, 1.54) is 6.42 Å². The lowest BCUT2D eigenvalue weighted by Crippen LogP contribution is -2.41. The first-order valence-electron chi connectivity index (χ1n) is 7.68. The van der Waals surface area contributed by atoms with Crippen LogP contribution in [0.2, 0.25) is 5.02 Å². The van der Waals surface area contributed by atoms with Crippen LogP contribution in [0.3, 0.4) is 0 Å². The molecule has 1 N–H and O–H groups in total. The first kappa shape index (κ1) is 15.8. The van der Waals surface area contributed by atoms with Gasteiger partial charge in [-0.05, 0) is 30.9 Å². The summed E-state index contributed by atoms with van der Waals surface area (Å²) in [5.41, 5.74) is 0. The lowest BCUT2D eigenvalue weighted by Gasteiger charge is -2.29. The second-order valence-corrected chi connectivity index (χ2v) is 8.17. The van der Waals surface area contributed by atoms with Gasteiger partial charge < -0.3 is 0 Å². The van der Waals surface area contributed by atoms with Gasteiger partial charge >= 0.3 is 0 Å². The van der Waals surface area contributed by atoms with Gasteiger partial charge in [0.2, 0.25) is 10.0 Å². The molecule has 0 amide bonds. The molecule has 1 aliphatic carbocycles.